The summed E-state index contributed by atoms with van der Waals surface area (Å²) in [5, 5.41) is 2.65. The first-order chi connectivity index (χ1) is 11.8. The van der Waals surface area contributed by atoms with Crippen molar-refractivity contribution in [1.29, 1.82) is 0 Å². The molecule has 25 heavy (non-hydrogen) atoms. The van der Waals surface area contributed by atoms with Crippen LogP contribution in [0.5, 0.6) is 5.75 Å². The highest BCUT2D eigenvalue weighted by molar-refractivity contribution is 5.78. The molecule has 8 heteroatoms. The fourth-order valence-electron chi connectivity index (χ4n) is 2.19. The Bertz CT molecular complexity index is 731. The van der Waals surface area contributed by atoms with Gasteiger partial charge in [0.1, 0.15) is 17.3 Å². The van der Waals surface area contributed by atoms with Crippen LogP contribution in [0.1, 0.15) is 22.8 Å². The molecule has 5 nitrogen and oxygen atoms in total. The molecule has 0 radical (unpaired) electrons. The van der Waals surface area contributed by atoms with E-state index in [1.807, 2.05) is 0 Å². The minimum atomic E-state index is -4.51. The number of amides is 1. The minimum Gasteiger partial charge on any atom is -0.497 e. The lowest BCUT2D eigenvalue weighted by Crippen LogP contribution is -2.28. The molecule has 0 saturated carbocycles. The molecular formula is C17H18F3N3O2. The largest absolute Gasteiger partial charge is 0.497 e. The molecule has 0 bridgehead atoms. The van der Waals surface area contributed by atoms with E-state index >= 15 is 0 Å². The molecule has 1 heterocycles. The number of nitrogens with zero attached hydrogens (tertiary/aromatic N) is 2. The number of aromatic nitrogens is 2. The number of hydrogen-bond donors (Lipinski definition) is 1. The number of ether oxygens (including phenoxy) is 1. The topological polar surface area (TPSA) is 64.1 Å². The summed E-state index contributed by atoms with van der Waals surface area (Å²) in [4.78, 5) is 19.4. The number of hydrogen-bond acceptors (Lipinski definition) is 4. The van der Waals surface area contributed by atoms with Gasteiger partial charge in [-0.2, -0.15) is 13.2 Å². The van der Waals surface area contributed by atoms with Gasteiger partial charge in [0, 0.05) is 18.7 Å². The Kier molecular flexibility index (Phi) is 5.95. The molecule has 1 aromatic carbocycles. The van der Waals surface area contributed by atoms with Gasteiger partial charge in [0.15, 0.2) is 0 Å². The lowest BCUT2D eigenvalue weighted by Gasteiger charge is -2.09. The Balaban J connectivity index is 1.87. The van der Waals surface area contributed by atoms with E-state index in [9.17, 15) is 18.0 Å². The lowest BCUT2D eigenvalue weighted by atomic mass is 10.1. The maximum Gasteiger partial charge on any atom is 0.433 e. The molecule has 0 aliphatic heterocycles. The molecule has 1 N–H and O–H groups in total. The number of nitrogens with one attached hydrogen (secondary N) is 1. The highest BCUT2D eigenvalue weighted by atomic mass is 19.4. The zero-order valence-corrected chi connectivity index (χ0v) is 13.9. The van der Waals surface area contributed by atoms with Crippen LogP contribution in [0.3, 0.4) is 0 Å². The van der Waals surface area contributed by atoms with Crippen LogP contribution in [-0.4, -0.2) is 29.5 Å². The highest BCUT2D eigenvalue weighted by Gasteiger charge is 2.33. The van der Waals surface area contributed by atoms with E-state index in [1.54, 1.807) is 31.4 Å². The molecule has 2 aromatic rings. The molecule has 1 amide bonds. The summed E-state index contributed by atoms with van der Waals surface area (Å²) in [7, 11) is 1.55. The van der Waals surface area contributed by atoms with E-state index in [-0.39, 0.29) is 36.8 Å². The second kappa shape index (κ2) is 7.96. The SMILES string of the molecule is COc1ccc(CC(=O)NCCc2nc(C)cc(C(F)(F)F)n2)cc1. The number of alkyl halides is 3. The van der Waals surface area contributed by atoms with Crippen molar-refractivity contribution < 1.29 is 22.7 Å². The third-order valence-electron chi connectivity index (χ3n) is 3.39. The Labute approximate surface area is 143 Å². The third-order valence-corrected chi connectivity index (χ3v) is 3.39. The van der Waals surface area contributed by atoms with Crippen LogP contribution < -0.4 is 10.1 Å². The van der Waals surface area contributed by atoms with E-state index in [1.165, 1.54) is 6.92 Å². The van der Waals surface area contributed by atoms with Gasteiger partial charge in [-0.05, 0) is 30.7 Å². The summed E-state index contributed by atoms with van der Waals surface area (Å²) in [6.45, 7) is 1.64. The second-order valence-electron chi connectivity index (χ2n) is 5.43. The Morgan fingerprint density at radius 3 is 2.48 bits per heavy atom. The summed E-state index contributed by atoms with van der Waals surface area (Å²) < 4.78 is 43.2. The van der Waals surface area contributed by atoms with Crippen molar-refractivity contribution in [3.05, 3.63) is 53.1 Å². The van der Waals surface area contributed by atoms with Crippen LogP contribution in [0.25, 0.3) is 0 Å². The molecular weight excluding hydrogens is 335 g/mol. The van der Waals surface area contributed by atoms with Crippen LogP contribution in [0.4, 0.5) is 13.2 Å². The van der Waals surface area contributed by atoms with Crippen molar-refractivity contribution in [3.63, 3.8) is 0 Å². The normalized spacial score (nSPS) is 11.2. The van der Waals surface area contributed by atoms with Gasteiger partial charge in [0.2, 0.25) is 5.91 Å². The first-order valence-electron chi connectivity index (χ1n) is 7.59. The van der Waals surface area contributed by atoms with E-state index in [2.05, 4.69) is 15.3 Å². The number of rotatable bonds is 6. The van der Waals surface area contributed by atoms with E-state index < -0.39 is 11.9 Å². The summed E-state index contributed by atoms with van der Waals surface area (Å²) in [5.74, 6) is 0.521. The van der Waals surface area contributed by atoms with Gasteiger partial charge in [0.05, 0.1) is 13.5 Å². The number of halogens is 3. The monoisotopic (exact) mass is 353 g/mol. The van der Waals surface area contributed by atoms with Gasteiger partial charge in [-0.3, -0.25) is 4.79 Å². The predicted molar refractivity (Wildman–Crippen MR) is 85.2 cm³/mol. The average Bonchev–Trinajstić information content (AvgIpc) is 2.54. The molecule has 134 valence electrons. The van der Waals surface area contributed by atoms with E-state index in [0.29, 0.717) is 5.75 Å². The lowest BCUT2D eigenvalue weighted by molar-refractivity contribution is -0.141. The number of carbonyl (C=O) groups excluding carboxylic acids is 1. The standard InChI is InChI=1S/C17H18F3N3O2/c1-11-9-14(17(18,19)20)23-15(22-11)7-8-21-16(24)10-12-3-5-13(25-2)6-4-12/h3-6,9H,7-8,10H2,1-2H3,(H,21,24). The first kappa shape index (κ1) is 18.7. The van der Waals surface area contributed by atoms with E-state index in [0.717, 1.165) is 11.6 Å². The Morgan fingerprint density at radius 2 is 1.88 bits per heavy atom. The molecule has 0 fully saturated rings. The second-order valence-corrected chi connectivity index (χ2v) is 5.43. The van der Waals surface area contributed by atoms with Crippen LogP contribution in [0.2, 0.25) is 0 Å². The molecule has 0 saturated heterocycles. The molecule has 1 aromatic heterocycles. The molecule has 0 unspecified atom stereocenters. The van der Waals surface area contributed by atoms with Gasteiger partial charge in [-0.25, -0.2) is 9.97 Å². The average molecular weight is 353 g/mol. The zero-order valence-electron chi connectivity index (χ0n) is 13.9. The highest BCUT2D eigenvalue weighted by Crippen LogP contribution is 2.27. The van der Waals surface area contributed by atoms with Gasteiger partial charge >= 0.3 is 6.18 Å². The van der Waals surface area contributed by atoms with Crippen LogP contribution in [-0.2, 0) is 23.8 Å². The molecule has 0 aliphatic rings. The van der Waals surface area contributed by atoms with Gasteiger partial charge in [0.25, 0.3) is 0 Å². The first-order valence-corrected chi connectivity index (χ1v) is 7.59. The maximum atomic E-state index is 12.7. The van der Waals surface area contributed by atoms with Gasteiger partial charge in [-0.1, -0.05) is 12.1 Å². The summed E-state index contributed by atoms with van der Waals surface area (Å²) in [6, 6.07) is 7.95. The van der Waals surface area contributed by atoms with E-state index in [4.69, 9.17) is 4.74 Å². The molecule has 0 atom stereocenters. The molecule has 0 aliphatic carbocycles. The van der Waals surface area contributed by atoms with Crippen molar-refractivity contribution in [2.45, 2.75) is 25.9 Å². The van der Waals surface area contributed by atoms with Crippen molar-refractivity contribution >= 4 is 5.91 Å². The summed E-state index contributed by atoms with van der Waals surface area (Å²) in [5.41, 5.74) is 0.0749. The third kappa shape index (κ3) is 5.74. The molecule has 0 spiro atoms. The van der Waals surface area contributed by atoms with Gasteiger partial charge in [-0.15, -0.1) is 0 Å². The fourth-order valence-corrected chi connectivity index (χ4v) is 2.19. The van der Waals surface area contributed by atoms with Crippen LogP contribution in [0.15, 0.2) is 30.3 Å². The summed E-state index contributed by atoms with van der Waals surface area (Å²) >= 11 is 0. The smallest absolute Gasteiger partial charge is 0.433 e. The van der Waals surface area contributed by atoms with Gasteiger partial charge < -0.3 is 10.1 Å². The fraction of sp³-hybridized carbons (Fsp3) is 0.353. The summed E-state index contributed by atoms with van der Waals surface area (Å²) in [6.07, 6.45) is -4.22. The maximum absolute atomic E-state index is 12.7. The molecule has 2 rings (SSSR count). The van der Waals surface area contributed by atoms with Crippen molar-refractivity contribution in [2.75, 3.05) is 13.7 Å². The quantitative estimate of drug-likeness (QED) is 0.867. The van der Waals surface area contributed by atoms with Crippen molar-refractivity contribution in [2.24, 2.45) is 0 Å². The van der Waals surface area contributed by atoms with Crippen molar-refractivity contribution in [3.8, 4) is 5.75 Å². The number of carbonyl (C=O) groups is 1. The number of aryl methyl sites for hydroxylation is 1. The minimum absolute atomic E-state index is 0.0528. The van der Waals surface area contributed by atoms with Crippen LogP contribution in [0, 0.1) is 6.92 Å². The van der Waals surface area contributed by atoms with Crippen molar-refractivity contribution in [1.82, 2.24) is 15.3 Å². The van der Waals surface area contributed by atoms with Crippen LogP contribution >= 0.6 is 0 Å². The number of methoxy groups -OCH3 is 1. The predicted octanol–water partition coefficient (Wildman–Crippen LogP) is 2.71. The number of benzene rings is 1. The Hall–Kier alpha value is -2.64. The zero-order chi connectivity index (χ0) is 18.4. The Morgan fingerprint density at radius 1 is 1.20 bits per heavy atom.